The smallest absolute Gasteiger partial charge is 0.329 e. The average Bonchev–Trinajstić information content (AvgIpc) is 2.66. The van der Waals surface area contributed by atoms with Crippen molar-refractivity contribution in [1.82, 2.24) is 5.32 Å². The summed E-state index contributed by atoms with van der Waals surface area (Å²) >= 11 is 0. The minimum absolute atomic E-state index is 0.355. The van der Waals surface area contributed by atoms with E-state index in [1.807, 2.05) is 0 Å². The highest BCUT2D eigenvalue weighted by Gasteiger charge is 2.43. The fourth-order valence-corrected chi connectivity index (χ4v) is 1.98. The number of nitrogens with one attached hydrogen (secondary N) is 1. The van der Waals surface area contributed by atoms with Crippen molar-refractivity contribution in [2.45, 2.75) is 43.7 Å². The molecular formula is C10H16N2O5. The number of amides is 1. The van der Waals surface area contributed by atoms with E-state index in [1.54, 1.807) is 0 Å². The first kappa shape index (κ1) is 13.4. The van der Waals surface area contributed by atoms with Crippen molar-refractivity contribution in [3.8, 4) is 0 Å². The fourth-order valence-electron chi connectivity index (χ4n) is 1.98. The van der Waals surface area contributed by atoms with Crippen LogP contribution in [0, 0.1) is 0 Å². The van der Waals surface area contributed by atoms with Gasteiger partial charge in [0.05, 0.1) is 12.5 Å². The molecule has 1 aliphatic carbocycles. The first-order valence-electron chi connectivity index (χ1n) is 5.40. The second-order valence-electron chi connectivity index (χ2n) is 4.29. The lowest BCUT2D eigenvalue weighted by atomic mass is 9.97. The van der Waals surface area contributed by atoms with Crippen molar-refractivity contribution >= 4 is 17.8 Å². The van der Waals surface area contributed by atoms with Gasteiger partial charge in [-0.25, -0.2) is 4.79 Å². The Balaban J connectivity index is 2.65. The maximum absolute atomic E-state index is 11.6. The molecule has 0 aromatic rings. The molecule has 0 aliphatic heterocycles. The van der Waals surface area contributed by atoms with Gasteiger partial charge < -0.3 is 21.3 Å². The van der Waals surface area contributed by atoms with E-state index >= 15 is 0 Å². The number of carbonyl (C=O) groups excluding carboxylic acids is 1. The molecule has 0 unspecified atom stereocenters. The van der Waals surface area contributed by atoms with Gasteiger partial charge in [0.15, 0.2) is 0 Å². The monoisotopic (exact) mass is 244 g/mol. The van der Waals surface area contributed by atoms with Crippen LogP contribution in [0.25, 0.3) is 0 Å². The Hall–Kier alpha value is -1.63. The molecule has 0 aromatic carbocycles. The number of carbonyl (C=O) groups is 3. The summed E-state index contributed by atoms with van der Waals surface area (Å²) in [5, 5.41) is 20.0. The van der Waals surface area contributed by atoms with Crippen LogP contribution in [0.1, 0.15) is 32.1 Å². The van der Waals surface area contributed by atoms with Crippen LogP contribution in [-0.4, -0.2) is 39.6 Å². The second kappa shape index (κ2) is 5.13. The maximum atomic E-state index is 11.6. The molecule has 1 amide bonds. The van der Waals surface area contributed by atoms with E-state index in [-0.39, 0.29) is 0 Å². The zero-order chi connectivity index (χ0) is 13.1. The molecule has 7 nitrogen and oxygen atoms in total. The van der Waals surface area contributed by atoms with Crippen LogP contribution in [-0.2, 0) is 14.4 Å². The van der Waals surface area contributed by atoms with Gasteiger partial charge in [-0.1, -0.05) is 12.8 Å². The predicted octanol–water partition coefficient (Wildman–Crippen LogP) is -0.698. The van der Waals surface area contributed by atoms with Crippen LogP contribution in [0.3, 0.4) is 0 Å². The second-order valence-corrected chi connectivity index (χ2v) is 4.29. The van der Waals surface area contributed by atoms with E-state index in [0.717, 1.165) is 12.8 Å². The summed E-state index contributed by atoms with van der Waals surface area (Å²) in [5.74, 6) is -3.01. The number of aliphatic carboxylic acids is 2. The number of hydrogen-bond donors (Lipinski definition) is 4. The van der Waals surface area contributed by atoms with Crippen LogP contribution in [0.15, 0.2) is 0 Å². The third-order valence-corrected chi connectivity index (χ3v) is 2.96. The lowest BCUT2D eigenvalue weighted by molar-refractivity contribution is -0.147. The molecule has 1 rings (SSSR count). The molecule has 0 radical (unpaired) electrons. The standard InChI is InChI=1S/C10H16N2O5/c11-6(5-7(13)14)8(15)12-10(9(16)17)3-1-2-4-10/h6H,1-5,11H2,(H,12,15)(H,13,14)(H,16,17)/t6-/m0/s1. The summed E-state index contributed by atoms with van der Waals surface area (Å²) in [6, 6.07) is -1.22. The molecule has 0 heterocycles. The van der Waals surface area contributed by atoms with Crippen LogP contribution >= 0.6 is 0 Å². The molecule has 1 fully saturated rings. The normalized spacial score (nSPS) is 19.6. The van der Waals surface area contributed by atoms with Crippen molar-refractivity contribution in [3.63, 3.8) is 0 Å². The van der Waals surface area contributed by atoms with Crippen LogP contribution in [0.5, 0.6) is 0 Å². The van der Waals surface area contributed by atoms with E-state index in [1.165, 1.54) is 0 Å². The summed E-state index contributed by atoms with van der Waals surface area (Å²) in [6.45, 7) is 0. The molecule has 1 saturated carbocycles. The Bertz CT molecular complexity index is 336. The van der Waals surface area contributed by atoms with Gasteiger partial charge in [-0.3, -0.25) is 9.59 Å². The lowest BCUT2D eigenvalue weighted by Gasteiger charge is -2.26. The molecule has 0 spiro atoms. The summed E-state index contributed by atoms with van der Waals surface area (Å²) < 4.78 is 0. The highest BCUT2D eigenvalue weighted by molar-refractivity contribution is 5.91. The SMILES string of the molecule is N[C@@H](CC(=O)O)C(=O)NC1(C(=O)O)CCCC1. The van der Waals surface area contributed by atoms with Gasteiger partial charge in [0.25, 0.3) is 0 Å². The molecule has 7 heteroatoms. The third kappa shape index (κ3) is 3.16. The molecule has 0 aromatic heterocycles. The summed E-state index contributed by atoms with van der Waals surface area (Å²) in [7, 11) is 0. The lowest BCUT2D eigenvalue weighted by Crippen LogP contribution is -2.57. The zero-order valence-electron chi connectivity index (χ0n) is 9.31. The molecule has 17 heavy (non-hydrogen) atoms. The number of nitrogens with two attached hydrogens (primary N) is 1. The van der Waals surface area contributed by atoms with Crippen molar-refractivity contribution in [2.24, 2.45) is 5.73 Å². The summed E-state index contributed by atoms with van der Waals surface area (Å²) in [6.07, 6.45) is 1.64. The Labute approximate surface area is 98.0 Å². The van der Waals surface area contributed by atoms with Crippen LogP contribution in [0.2, 0.25) is 0 Å². The number of hydrogen-bond acceptors (Lipinski definition) is 4. The van der Waals surface area contributed by atoms with Crippen molar-refractivity contribution < 1.29 is 24.6 Å². The highest BCUT2D eigenvalue weighted by Crippen LogP contribution is 2.29. The average molecular weight is 244 g/mol. The minimum Gasteiger partial charge on any atom is -0.481 e. The molecular weight excluding hydrogens is 228 g/mol. The quantitative estimate of drug-likeness (QED) is 0.506. The maximum Gasteiger partial charge on any atom is 0.329 e. The Morgan fingerprint density at radius 1 is 1.24 bits per heavy atom. The van der Waals surface area contributed by atoms with E-state index in [0.29, 0.717) is 12.8 Å². The Morgan fingerprint density at radius 3 is 2.18 bits per heavy atom. The topological polar surface area (TPSA) is 130 Å². The van der Waals surface area contributed by atoms with Crippen molar-refractivity contribution in [2.75, 3.05) is 0 Å². The predicted molar refractivity (Wildman–Crippen MR) is 57.2 cm³/mol. The summed E-state index contributed by atoms with van der Waals surface area (Å²) in [5.41, 5.74) is 4.10. The van der Waals surface area contributed by atoms with Gasteiger partial charge in [0.1, 0.15) is 5.54 Å². The van der Waals surface area contributed by atoms with E-state index in [2.05, 4.69) is 5.32 Å². The van der Waals surface area contributed by atoms with Gasteiger partial charge in [-0.15, -0.1) is 0 Å². The van der Waals surface area contributed by atoms with E-state index in [4.69, 9.17) is 15.9 Å². The number of rotatable bonds is 5. The van der Waals surface area contributed by atoms with Gasteiger partial charge >= 0.3 is 11.9 Å². The molecule has 0 saturated heterocycles. The van der Waals surface area contributed by atoms with Crippen LogP contribution in [0.4, 0.5) is 0 Å². The highest BCUT2D eigenvalue weighted by atomic mass is 16.4. The van der Waals surface area contributed by atoms with Gasteiger partial charge in [-0.05, 0) is 12.8 Å². The molecule has 0 bridgehead atoms. The molecule has 1 atom stereocenters. The molecule has 1 aliphatic rings. The zero-order valence-corrected chi connectivity index (χ0v) is 9.31. The van der Waals surface area contributed by atoms with Gasteiger partial charge in [0, 0.05) is 0 Å². The van der Waals surface area contributed by atoms with Crippen molar-refractivity contribution in [1.29, 1.82) is 0 Å². The van der Waals surface area contributed by atoms with Crippen molar-refractivity contribution in [3.05, 3.63) is 0 Å². The van der Waals surface area contributed by atoms with Crippen LogP contribution < -0.4 is 11.1 Å². The summed E-state index contributed by atoms with van der Waals surface area (Å²) in [4.78, 5) is 33.1. The Kier molecular flexibility index (Phi) is 4.06. The third-order valence-electron chi connectivity index (χ3n) is 2.96. The fraction of sp³-hybridized carbons (Fsp3) is 0.700. The largest absolute Gasteiger partial charge is 0.481 e. The number of carboxylic acid groups (broad SMARTS) is 2. The first-order valence-corrected chi connectivity index (χ1v) is 5.40. The Morgan fingerprint density at radius 2 is 1.76 bits per heavy atom. The van der Waals surface area contributed by atoms with Gasteiger partial charge in [0.2, 0.25) is 5.91 Å². The first-order chi connectivity index (χ1) is 7.87. The minimum atomic E-state index is -1.27. The van der Waals surface area contributed by atoms with E-state index < -0.39 is 35.8 Å². The van der Waals surface area contributed by atoms with Gasteiger partial charge in [-0.2, -0.15) is 0 Å². The molecule has 96 valence electrons. The van der Waals surface area contributed by atoms with E-state index in [9.17, 15) is 14.4 Å². The number of carboxylic acids is 2. The molecule has 5 N–H and O–H groups in total.